The van der Waals surface area contributed by atoms with Gasteiger partial charge in [0, 0.05) is 16.7 Å². The Morgan fingerprint density at radius 3 is 2.49 bits per heavy atom. The Morgan fingerprint density at radius 1 is 1.05 bits per heavy atom. The van der Waals surface area contributed by atoms with Crippen LogP contribution >= 0.6 is 0 Å². The molecule has 204 valence electrons. The Bertz CT molecular complexity index is 1490. The number of aliphatic hydroxyl groups is 1. The number of amides is 1. The summed E-state index contributed by atoms with van der Waals surface area (Å²) in [6, 6.07) is 11.6. The fourth-order valence-electron chi connectivity index (χ4n) is 4.03. The third-order valence-corrected chi connectivity index (χ3v) is 5.74. The molecular weight excluding hydrogens is 521 g/mol. The number of alkyl halides is 3. The summed E-state index contributed by atoms with van der Waals surface area (Å²) in [5, 5.41) is 20.7. The fraction of sp³-hybridized carbons (Fsp3) is 0.308. The third kappa shape index (κ3) is 5.43. The van der Waals surface area contributed by atoms with Crippen LogP contribution in [0.15, 0.2) is 57.6 Å². The number of carbonyl (C=O) groups excluding carboxylic acids is 1. The highest BCUT2D eigenvalue weighted by atomic mass is 19.4. The maximum absolute atomic E-state index is 14.0. The van der Waals surface area contributed by atoms with E-state index in [1.165, 1.54) is 30.3 Å². The van der Waals surface area contributed by atoms with Crippen LogP contribution in [-0.4, -0.2) is 44.7 Å². The Morgan fingerprint density at radius 2 is 1.79 bits per heavy atom. The predicted octanol–water partition coefficient (Wildman–Crippen LogP) is 5.40. The molecule has 1 aliphatic heterocycles. The lowest BCUT2D eigenvalue weighted by atomic mass is 9.97. The van der Waals surface area contributed by atoms with Crippen LogP contribution in [0.1, 0.15) is 38.0 Å². The molecule has 2 N–H and O–H groups in total. The van der Waals surface area contributed by atoms with E-state index >= 15 is 0 Å². The minimum Gasteiger partial charge on any atom is -0.491 e. The number of fused-ring (bicyclic) bond motifs is 1. The zero-order valence-electron chi connectivity index (χ0n) is 20.9. The van der Waals surface area contributed by atoms with Crippen molar-refractivity contribution in [1.29, 1.82) is 0 Å². The number of benzene rings is 2. The van der Waals surface area contributed by atoms with Crippen LogP contribution in [0.4, 0.5) is 18.0 Å². The molecule has 5 rings (SSSR count). The van der Waals surface area contributed by atoms with Crippen LogP contribution in [-0.2, 0) is 10.9 Å². The summed E-state index contributed by atoms with van der Waals surface area (Å²) in [6.07, 6.45) is -6.61. The van der Waals surface area contributed by atoms with E-state index < -0.39 is 52.9 Å². The van der Waals surface area contributed by atoms with E-state index in [1.807, 2.05) is 0 Å². The topological polar surface area (TPSA) is 133 Å². The number of hydrogen-bond acceptors (Lipinski definition) is 9. The summed E-state index contributed by atoms with van der Waals surface area (Å²) in [7, 11) is 0. The Hall–Kier alpha value is -4.39. The monoisotopic (exact) mass is 544 g/mol. The van der Waals surface area contributed by atoms with Crippen LogP contribution in [0.5, 0.6) is 5.75 Å². The first-order valence-corrected chi connectivity index (χ1v) is 11.8. The molecule has 0 fully saturated rings. The first kappa shape index (κ1) is 26.2. The van der Waals surface area contributed by atoms with Crippen molar-refractivity contribution in [3.63, 3.8) is 0 Å². The molecule has 0 saturated carbocycles. The number of carbonyl (C=O) groups is 1. The normalized spacial score (nSPS) is 17.3. The number of aromatic nitrogens is 3. The van der Waals surface area contributed by atoms with Gasteiger partial charge in [0.05, 0.1) is 6.04 Å². The SMILES string of the molecule is CC(C)(C)OC(=O)N[C@H]1COc2cc(-c3noc(-c4onc(-c5ccccc5)c4C(F)(F)F)n3)ccc2C1O. The van der Waals surface area contributed by atoms with Crippen molar-refractivity contribution in [2.24, 2.45) is 0 Å². The highest BCUT2D eigenvalue weighted by Crippen LogP contribution is 2.43. The fourth-order valence-corrected chi connectivity index (χ4v) is 4.03. The van der Waals surface area contributed by atoms with Crippen LogP contribution in [0.3, 0.4) is 0 Å². The number of halogens is 3. The van der Waals surface area contributed by atoms with Crippen LogP contribution in [0, 0.1) is 0 Å². The second-order valence-corrected chi connectivity index (χ2v) is 9.78. The number of ether oxygens (including phenoxy) is 2. The van der Waals surface area contributed by atoms with Gasteiger partial charge in [-0.25, -0.2) is 4.79 Å². The molecule has 4 aromatic rings. The summed E-state index contributed by atoms with van der Waals surface area (Å²) >= 11 is 0. The molecule has 0 radical (unpaired) electrons. The van der Waals surface area contributed by atoms with Crippen molar-refractivity contribution in [3.8, 4) is 40.0 Å². The molecule has 3 heterocycles. The molecule has 10 nitrogen and oxygen atoms in total. The van der Waals surface area contributed by atoms with Gasteiger partial charge in [-0.05, 0) is 26.8 Å². The van der Waals surface area contributed by atoms with Gasteiger partial charge in [-0.15, -0.1) is 0 Å². The summed E-state index contributed by atoms with van der Waals surface area (Å²) < 4.78 is 63.1. The second-order valence-electron chi connectivity index (χ2n) is 9.78. The van der Waals surface area contributed by atoms with E-state index in [0.29, 0.717) is 11.1 Å². The van der Waals surface area contributed by atoms with Gasteiger partial charge in [-0.2, -0.15) is 18.2 Å². The summed E-state index contributed by atoms with van der Waals surface area (Å²) in [4.78, 5) is 16.2. The molecule has 2 atom stereocenters. The summed E-state index contributed by atoms with van der Waals surface area (Å²) in [5.74, 6) is -0.964. The number of hydrogen-bond donors (Lipinski definition) is 2. The van der Waals surface area contributed by atoms with Gasteiger partial charge in [0.25, 0.3) is 5.89 Å². The minimum atomic E-state index is -4.81. The van der Waals surface area contributed by atoms with E-state index in [2.05, 4.69) is 20.6 Å². The van der Waals surface area contributed by atoms with Gasteiger partial charge in [0.15, 0.2) is 0 Å². The van der Waals surface area contributed by atoms with Gasteiger partial charge in [0.2, 0.25) is 11.6 Å². The van der Waals surface area contributed by atoms with E-state index in [9.17, 15) is 23.1 Å². The first-order chi connectivity index (χ1) is 18.4. The van der Waals surface area contributed by atoms with Gasteiger partial charge >= 0.3 is 12.3 Å². The smallest absolute Gasteiger partial charge is 0.422 e. The maximum Gasteiger partial charge on any atom is 0.422 e. The number of nitrogens with one attached hydrogen (secondary N) is 1. The molecule has 1 amide bonds. The lowest BCUT2D eigenvalue weighted by molar-refractivity contribution is -0.137. The van der Waals surface area contributed by atoms with Crippen molar-refractivity contribution in [3.05, 3.63) is 59.7 Å². The van der Waals surface area contributed by atoms with Gasteiger partial charge < -0.3 is 28.9 Å². The van der Waals surface area contributed by atoms with Crippen LogP contribution < -0.4 is 10.1 Å². The number of alkyl carbamates (subject to hydrolysis) is 1. The zero-order valence-corrected chi connectivity index (χ0v) is 20.9. The molecule has 0 spiro atoms. The molecule has 39 heavy (non-hydrogen) atoms. The molecule has 13 heteroatoms. The van der Waals surface area contributed by atoms with E-state index in [4.69, 9.17) is 18.5 Å². The number of aliphatic hydroxyl groups excluding tert-OH is 1. The van der Waals surface area contributed by atoms with Crippen LogP contribution in [0.2, 0.25) is 0 Å². The standard InChI is InChI=1S/C26H23F3N4O6/c1-25(2,3)37-24(35)30-16-12-36-17-11-14(9-10-15(17)20(16)34)22-31-23(39-33-22)21-18(26(27,28)29)19(32-38-21)13-7-5-4-6-8-13/h4-11,16,20,34H,12H2,1-3H3,(H,30,35)/t16-,20?/m0/s1. The van der Waals surface area contributed by atoms with Crippen molar-refractivity contribution in [1.82, 2.24) is 20.6 Å². The van der Waals surface area contributed by atoms with Gasteiger partial charge in [-0.3, -0.25) is 0 Å². The van der Waals surface area contributed by atoms with Gasteiger partial charge in [0.1, 0.15) is 35.3 Å². The lowest BCUT2D eigenvalue weighted by Gasteiger charge is -2.31. The van der Waals surface area contributed by atoms with Crippen molar-refractivity contribution in [2.75, 3.05) is 6.61 Å². The molecule has 1 unspecified atom stereocenters. The van der Waals surface area contributed by atoms with E-state index in [-0.39, 0.29) is 23.7 Å². The number of nitrogens with zero attached hydrogens (tertiary/aromatic N) is 3. The van der Waals surface area contributed by atoms with Crippen LogP contribution in [0.25, 0.3) is 34.3 Å². The van der Waals surface area contributed by atoms with Crippen molar-refractivity contribution >= 4 is 6.09 Å². The third-order valence-electron chi connectivity index (χ3n) is 5.74. The molecular formula is C26H23F3N4O6. The lowest BCUT2D eigenvalue weighted by Crippen LogP contribution is -2.47. The second kappa shape index (κ2) is 9.73. The van der Waals surface area contributed by atoms with Gasteiger partial charge in [-0.1, -0.05) is 52.8 Å². The highest BCUT2D eigenvalue weighted by Gasteiger charge is 2.43. The zero-order chi connectivity index (χ0) is 27.9. The average molecular weight is 544 g/mol. The first-order valence-electron chi connectivity index (χ1n) is 11.8. The van der Waals surface area contributed by atoms with Crippen molar-refractivity contribution in [2.45, 2.75) is 44.7 Å². The molecule has 0 bridgehead atoms. The number of rotatable bonds is 4. The Kier molecular flexibility index (Phi) is 6.54. The van der Waals surface area contributed by atoms with E-state index in [0.717, 1.165) is 0 Å². The molecule has 2 aromatic carbocycles. The Balaban J connectivity index is 1.40. The van der Waals surface area contributed by atoms with Crippen molar-refractivity contribution < 1.29 is 41.6 Å². The summed E-state index contributed by atoms with van der Waals surface area (Å²) in [5.41, 5.74) is -1.30. The maximum atomic E-state index is 14.0. The Labute approximate surface area is 219 Å². The predicted molar refractivity (Wildman–Crippen MR) is 129 cm³/mol. The summed E-state index contributed by atoms with van der Waals surface area (Å²) in [6.45, 7) is 5.10. The molecule has 0 aliphatic carbocycles. The highest BCUT2D eigenvalue weighted by molar-refractivity contribution is 5.71. The molecule has 0 saturated heterocycles. The molecule has 2 aromatic heterocycles. The minimum absolute atomic E-state index is 0.0364. The quantitative estimate of drug-likeness (QED) is 0.347. The molecule has 1 aliphatic rings. The van der Waals surface area contributed by atoms with E-state index in [1.54, 1.807) is 39.0 Å². The average Bonchev–Trinajstić information content (AvgIpc) is 3.53. The largest absolute Gasteiger partial charge is 0.491 e.